The zero-order chi connectivity index (χ0) is 3.41. The maximum absolute atomic E-state index is 8.88. The first-order valence-corrected chi connectivity index (χ1v) is 1.02. The minimum atomic E-state index is 0.239. The van der Waals surface area contributed by atoms with Gasteiger partial charge in [-0.1, -0.05) is 0 Å². The fourth-order valence-electron chi connectivity index (χ4n) is 0. The van der Waals surface area contributed by atoms with Gasteiger partial charge in [0.1, 0.15) is 0 Å². The van der Waals surface area contributed by atoms with Crippen LogP contribution in [0.4, 0.5) is 0 Å². The Kier molecular flexibility index (Phi) is 3.03. The maximum atomic E-state index is 8.88. The molecule has 4 heteroatoms. The van der Waals surface area contributed by atoms with Crippen LogP contribution in [-0.2, 0) is 8.81 Å². The Morgan fingerprint density at radius 2 is 2.25 bits per heavy atom. The van der Waals surface area contributed by atoms with Crippen molar-refractivity contribution in [1.82, 2.24) is 0 Å². The molecule has 0 unspecified atom stereocenters. The minimum absolute atomic E-state index is 0.239. The fourth-order valence-corrected chi connectivity index (χ4v) is 0. The van der Waals surface area contributed by atoms with E-state index < -0.39 is 0 Å². The third kappa shape index (κ3) is 2.01. The molecule has 0 saturated heterocycles. The fraction of sp³-hybridized carbons (Fsp3) is 0. The molecule has 0 saturated carbocycles. The van der Waals surface area contributed by atoms with Crippen LogP contribution in [0, 0.1) is 0 Å². The van der Waals surface area contributed by atoms with Gasteiger partial charge in [0.15, 0.2) is 0 Å². The van der Waals surface area contributed by atoms with E-state index in [2.05, 4.69) is 17.0 Å². The molecular weight excluding hydrogens is 74.9 g/mol. The van der Waals surface area contributed by atoms with Crippen molar-refractivity contribution in [3.05, 3.63) is 0 Å². The number of hydrogen-bond donors (Lipinski definition) is 1. The summed E-state index contributed by atoms with van der Waals surface area (Å²) < 4.78 is 12.4. The van der Waals surface area contributed by atoms with E-state index in [0.29, 0.717) is 0 Å². The summed E-state index contributed by atoms with van der Waals surface area (Å²) in [5, 5.41) is 0. The molecule has 0 N–H and O–H groups in total. The summed E-state index contributed by atoms with van der Waals surface area (Å²) in [5.41, 5.74) is 0. The molecule has 0 aliphatic heterocycles. The van der Waals surface area contributed by atoms with Gasteiger partial charge in [-0.25, -0.2) is 0 Å². The van der Waals surface area contributed by atoms with E-state index in [1.807, 2.05) is 0 Å². The van der Waals surface area contributed by atoms with Crippen molar-refractivity contribution < 1.29 is 8.81 Å². The second kappa shape index (κ2) is 3.01. The third-order valence-electron chi connectivity index (χ3n) is 0.0430. The summed E-state index contributed by atoms with van der Waals surface area (Å²) in [4.78, 5) is 0. The molecule has 0 radical (unpaired) electrons. The Morgan fingerprint density at radius 3 is 2.25 bits per heavy atom. The van der Waals surface area contributed by atoms with Crippen LogP contribution in [0.5, 0.6) is 0 Å². The first kappa shape index (κ1) is 4.01. The van der Waals surface area contributed by atoms with Gasteiger partial charge in [0.05, 0.1) is 0 Å². The molecule has 0 aliphatic carbocycles. The van der Waals surface area contributed by atoms with Crippen molar-refractivity contribution >= 4 is 20.3 Å². The second-order valence-electron chi connectivity index (χ2n) is 0.202. The van der Waals surface area contributed by atoms with Gasteiger partial charge in [0.25, 0.3) is 0 Å². The van der Waals surface area contributed by atoms with E-state index in [0.717, 1.165) is 0 Å². The predicted octanol–water partition coefficient (Wildman–Crippen LogP) is -0.188. The number of rotatable bonds is 1. The molecule has 0 aromatic rings. The summed E-state index contributed by atoms with van der Waals surface area (Å²) in [5.74, 6) is 0. The van der Waals surface area contributed by atoms with E-state index in [1.54, 1.807) is 0 Å². The topological polar surface area (TPSA) is 26.3 Å². The van der Waals surface area contributed by atoms with E-state index in [4.69, 9.17) is 4.70 Å². The van der Waals surface area contributed by atoms with Crippen molar-refractivity contribution in [2.75, 3.05) is 0 Å². The average Bonchev–Trinajstić information content (AvgIpc) is 1.37. The normalized spacial score (nSPS) is 4.25. The van der Waals surface area contributed by atoms with Crippen LogP contribution in [0.2, 0.25) is 0 Å². The van der Waals surface area contributed by atoms with E-state index >= 15 is 0 Å². The molecular formula is HBO2S. The predicted molar refractivity (Wildman–Crippen MR) is 16.5 cm³/mol. The van der Waals surface area contributed by atoms with E-state index in [-0.39, 0.29) is 7.35 Å². The van der Waals surface area contributed by atoms with Crippen LogP contribution >= 0.6 is 12.9 Å². The molecule has 0 bridgehead atoms. The molecule has 0 heterocycles. The van der Waals surface area contributed by atoms with Crippen LogP contribution in [0.15, 0.2) is 0 Å². The Balaban J connectivity index is 2.30. The third-order valence-corrected chi connectivity index (χ3v) is 0.129. The van der Waals surface area contributed by atoms with Crippen LogP contribution in [0.25, 0.3) is 0 Å². The monoisotopic (exact) mass is 76.0 g/mol. The van der Waals surface area contributed by atoms with Crippen molar-refractivity contribution in [1.29, 1.82) is 0 Å². The Bertz CT molecular complexity index is 20.0. The van der Waals surface area contributed by atoms with Gasteiger partial charge >= 0.3 is 29.1 Å². The summed E-state index contributed by atoms with van der Waals surface area (Å²) in [6.07, 6.45) is 0. The number of hydrogen-bond acceptors (Lipinski definition) is 3. The Morgan fingerprint density at radius 1 is 2.00 bits per heavy atom. The van der Waals surface area contributed by atoms with Crippen molar-refractivity contribution in [2.45, 2.75) is 0 Å². The molecule has 0 fully saturated rings. The zero-order valence-corrected chi connectivity index (χ0v) is 2.74. The average molecular weight is 75.9 g/mol. The summed E-state index contributed by atoms with van der Waals surface area (Å²) in [6, 6.07) is 0. The van der Waals surface area contributed by atoms with Gasteiger partial charge in [-0.15, -0.1) is 0 Å². The number of thiol groups is 1. The quantitative estimate of drug-likeness (QED) is 0.266. The van der Waals surface area contributed by atoms with Gasteiger partial charge in [-0.2, -0.15) is 0 Å². The molecule has 0 atom stereocenters. The van der Waals surface area contributed by atoms with Crippen LogP contribution in [0.1, 0.15) is 0 Å². The SMILES string of the molecule is O=BOS. The van der Waals surface area contributed by atoms with Gasteiger partial charge in [0.2, 0.25) is 0 Å². The van der Waals surface area contributed by atoms with Crippen molar-refractivity contribution in [3.8, 4) is 0 Å². The molecule has 0 amide bonds. The molecule has 4 heavy (non-hydrogen) atoms. The van der Waals surface area contributed by atoms with E-state index in [9.17, 15) is 0 Å². The Labute approximate surface area is 30.1 Å². The van der Waals surface area contributed by atoms with Crippen molar-refractivity contribution in [2.24, 2.45) is 0 Å². The summed E-state index contributed by atoms with van der Waals surface area (Å²) >= 11 is 3.05. The zero-order valence-electron chi connectivity index (χ0n) is 1.84. The Hall–Kier alpha value is 0.0149. The van der Waals surface area contributed by atoms with E-state index in [1.165, 1.54) is 0 Å². The molecule has 0 aromatic carbocycles. The molecule has 0 rings (SSSR count). The van der Waals surface area contributed by atoms with Gasteiger partial charge in [-0.05, 0) is 0 Å². The van der Waals surface area contributed by atoms with Gasteiger partial charge in [-0.3, -0.25) is 0 Å². The standard InChI is InChI=1S/BHO2S/c2-1-3-4/h4H. The molecule has 0 aliphatic rings. The van der Waals surface area contributed by atoms with Gasteiger partial charge < -0.3 is 0 Å². The first-order valence-electron chi connectivity index (χ1n) is 0.654. The first-order chi connectivity index (χ1) is 1.91. The molecule has 22 valence electrons. The summed E-state index contributed by atoms with van der Waals surface area (Å²) in [6.45, 7) is 0. The molecule has 0 aromatic heterocycles. The summed E-state index contributed by atoms with van der Waals surface area (Å²) in [7, 11) is 0.239. The van der Waals surface area contributed by atoms with Crippen LogP contribution in [-0.4, -0.2) is 7.35 Å². The molecule has 2 nitrogen and oxygen atoms in total. The van der Waals surface area contributed by atoms with Gasteiger partial charge in [0, 0.05) is 0 Å². The van der Waals surface area contributed by atoms with Crippen LogP contribution < -0.4 is 0 Å². The second-order valence-corrected chi connectivity index (χ2v) is 0.412. The van der Waals surface area contributed by atoms with Crippen molar-refractivity contribution in [3.63, 3.8) is 0 Å². The molecule has 0 spiro atoms. The van der Waals surface area contributed by atoms with Crippen LogP contribution in [0.3, 0.4) is 0 Å².